The summed E-state index contributed by atoms with van der Waals surface area (Å²) in [5, 5.41) is 2.44. The SMILES string of the molecule is C[C@@H](OC(C)(C)C)[C@H](NC(=O)OC(C)(C)C)C(=O)C=[N+]=[N-].S. The summed E-state index contributed by atoms with van der Waals surface area (Å²) < 4.78 is 10.8. The van der Waals surface area contributed by atoms with Crippen LogP contribution in [0.15, 0.2) is 0 Å². The van der Waals surface area contributed by atoms with Crippen molar-refractivity contribution in [3.8, 4) is 0 Å². The van der Waals surface area contributed by atoms with Crippen molar-refractivity contribution in [3.63, 3.8) is 0 Å². The van der Waals surface area contributed by atoms with Crippen LogP contribution in [-0.4, -0.2) is 46.2 Å². The number of ether oxygens (including phenoxy) is 2. The van der Waals surface area contributed by atoms with Gasteiger partial charge in [0.05, 0.1) is 11.7 Å². The Hall–Kier alpha value is -1.37. The highest BCUT2D eigenvalue weighted by molar-refractivity contribution is 7.59. The largest absolute Gasteiger partial charge is 0.444 e. The molecule has 128 valence electrons. The quantitative estimate of drug-likeness (QED) is 0.473. The first-order valence-electron chi connectivity index (χ1n) is 6.74. The van der Waals surface area contributed by atoms with E-state index in [0.717, 1.165) is 6.21 Å². The fourth-order valence-corrected chi connectivity index (χ4v) is 1.62. The van der Waals surface area contributed by atoms with Gasteiger partial charge >= 0.3 is 12.3 Å². The van der Waals surface area contributed by atoms with Crippen LogP contribution in [0.1, 0.15) is 48.5 Å². The van der Waals surface area contributed by atoms with Gasteiger partial charge in [-0.15, -0.1) is 0 Å². The van der Waals surface area contributed by atoms with Crippen molar-refractivity contribution in [2.45, 2.75) is 71.8 Å². The van der Waals surface area contributed by atoms with Crippen LogP contribution in [0.25, 0.3) is 5.53 Å². The van der Waals surface area contributed by atoms with Crippen LogP contribution in [0.5, 0.6) is 0 Å². The van der Waals surface area contributed by atoms with E-state index in [9.17, 15) is 9.59 Å². The molecule has 0 heterocycles. The molecule has 0 aromatic carbocycles. The summed E-state index contributed by atoms with van der Waals surface area (Å²) >= 11 is 0. The lowest BCUT2D eigenvalue weighted by Crippen LogP contribution is -2.52. The van der Waals surface area contributed by atoms with Gasteiger partial charge in [0.25, 0.3) is 5.78 Å². The first kappa shape index (κ1) is 22.9. The summed E-state index contributed by atoms with van der Waals surface area (Å²) in [5.41, 5.74) is 7.30. The number of nitrogens with zero attached hydrogens (tertiary/aromatic N) is 2. The number of alkyl carbamates (subject to hydrolysis) is 1. The maximum Gasteiger partial charge on any atom is 0.408 e. The molecule has 0 aliphatic heterocycles. The number of hydrogen-bond donors (Lipinski definition) is 1. The standard InChI is InChI=1S/C14H25N3O4.H2S/c1-9(20-13(2,3)4)11(10(18)8-16-15)17-12(19)21-14(5,6)7;/h8-9,11H,1-7H3,(H,17,19);1H2/t9-,11+;/m1./s1. The van der Waals surface area contributed by atoms with Crippen LogP contribution in [0.4, 0.5) is 4.79 Å². The molecule has 7 nitrogen and oxygen atoms in total. The molecule has 0 aromatic rings. The van der Waals surface area contributed by atoms with E-state index < -0.39 is 35.2 Å². The van der Waals surface area contributed by atoms with Gasteiger partial charge in [-0.3, -0.25) is 4.79 Å². The molecular formula is C14H27N3O4S. The average molecular weight is 333 g/mol. The number of carbonyl (C=O) groups excluding carboxylic acids is 2. The number of rotatable bonds is 5. The van der Waals surface area contributed by atoms with Gasteiger partial charge < -0.3 is 20.3 Å². The number of amides is 1. The molecule has 0 bridgehead atoms. The molecule has 22 heavy (non-hydrogen) atoms. The summed E-state index contributed by atoms with van der Waals surface area (Å²) in [5.74, 6) is -0.583. The maximum atomic E-state index is 11.9. The molecule has 2 atom stereocenters. The van der Waals surface area contributed by atoms with E-state index in [4.69, 9.17) is 15.0 Å². The van der Waals surface area contributed by atoms with Crippen molar-refractivity contribution in [1.82, 2.24) is 5.32 Å². The lowest BCUT2D eigenvalue weighted by molar-refractivity contribution is -0.125. The summed E-state index contributed by atoms with van der Waals surface area (Å²) in [7, 11) is 0. The van der Waals surface area contributed by atoms with Crippen molar-refractivity contribution in [2.75, 3.05) is 0 Å². The molecule has 0 fully saturated rings. The van der Waals surface area contributed by atoms with Gasteiger partial charge in [0.2, 0.25) is 0 Å². The lowest BCUT2D eigenvalue weighted by atomic mass is 10.1. The van der Waals surface area contributed by atoms with E-state index in [-0.39, 0.29) is 13.5 Å². The Labute approximate surface area is 138 Å². The zero-order valence-electron chi connectivity index (χ0n) is 14.3. The van der Waals surface area contributed by atoms with E-state index in [0.29, 0.717) is 0 Å². The van der Waals surface area contributed by atoms with Crippen LogP contribution >= 0.6 is 13.5 Å². The molecule has 0 spiro atoms. The third-order valence-corrected chi connectivity index (χ3v) is 2.17. The highest BCUT2D eigenvalue weighted by Gasteiger charge is 2.32. The summed E-state index contributed by atoms with van der Waals surface area (Å²) in [6.07, 6.45) is -0.635. The second-order valence-corrected chi connectivity index (χ2v) is 6.71. The van der Waals surface area contributed by atoms with Gasteiger partial charge in [0.1, 0.15) is 11.6 Å². The van der Waals surface area contributed by atoms with Gasteiger partial charge in [0.15, 0.2) is 0 Å². The molecule has 0 saturated heterocycles. The van der Waals surface area contributed by atoms with Gasteiger partial charge in [-0.1, -0.05) is 0 Å². The predicted octanol–water partition coefficient (Wildman–Crippen LogP) is 2.07. The fourth-order valence-electron chi connectivity index (χ4n) is 1.62. The molecule has 0 aliphatic rings. The normalized spacial score (nSPS) is 14.0. The Kier molecular flexibility index (Phi) is 9.29. The Balaban J connectivity index is 0. The van der Waals surface area contributed by atoms with Crippen LogP contribution in [0, 0.1) is 0 Å². The van der Waals surface area contributed by atoms with Gasteiger partial charge in [-0.25, -0.2) is 4.79 Å². The highest BCUT2D eigenvalue weighted by atomic mass is 32.1. The summed E-state index contributed by atoms with van der Waals surface area (Å²) in [6, 6.07) is -1.00. The molecule has 0 aromatic heterocycles. The number of hydrogen-bond acceptors (Lipinski definition) is 4. The molecule has 0 unspecified atom stereocenters. The van der Waals surface area contributed by atoms with Crippen LogP contribution in [-0.2, 0) is 14.3 Å². The monoisotopic (exact) mass is 333 g/mol. The third-order valence-electron chi connectivity index (χ3n) is 2.17. The second-order valence-electron chi connectivity index (χ2n) is 6.71. The van der Waals surface area contributed by atoms with E-state index in [2.05, 4.69) is 10.1 Å². The van der Waals surface area contributed by atoms with Gasteiger partial charge in [-0.2, -0.15) is 18.3 Å². The Morgan fingerprint density at radius 1 is 1.14 bits per heavy atom. The summed E-state index contributed by atoms with van der Waals surface area (Å²) in [4.78, 5) is 26.4. The molecule has 1 amide bonds. The molecule has 0 saturated carbocycles. The molecular weight excluding hydrogens is 306 g/mol. The molecule has 0 rings (SSSR count). The van der Waals surface area contributed by atoms with Gasteiger partial charge in [-0.05, 0) is 48.5 Å². The minimum atomic E-state index is -1.00. The molecule has 0 radical (unpaired) electrons. The first-order chi connectivity index (χ1) is 9.35. The van der Waals surface area contributed by atoms with E-state index >= 15 is 0 Å². The maximum absolute atomic E-state index is 11.9. The first-order valence-corrected chi connectivity index (χ1v) is 6.74. The number of Topliss-reactive ketones (excluding diaryl/α,β-unsaturated/α-hetero) is 1. The zero-order chi connectivity index (χ0) is 16.8. The van der Waals surface area contributed by atoms with Crippen molar-refractivity contribution in [3.05, 3.63) is 5.53 Å². The summed E-state index contributed by atoms with van der Waals surface area (Å²) in [6.45, 7) is 12.3. The fraction of sp³-hybridized carbons (Fsp3) is 0.786. The van der Waals surface area contributed by atoms with Crippen LogP contribution in [0.2, 0.25) is 0 Å². The minimum absolute atomic E-state index is 0. The number of nitrogens with one attached hydrogen (secondary N) is 1. The predicted molar refractivity (Wildman–Crippen MR) is 88.5 cm³/mol. The topological polar surface area (TPSA) is 101 Å². The van der Waals surface area contributed by atoms with E-state index in [1.807, 2.05) is 20.8 Å². The molecule has 8 heteroatoms. The Bertz CT molecular complexity index is 434. The van der Waals surface area contributed by atoms with Crippen LogP contribution < -0.4 is 5.32 Å². The van der Waals surface area contributed by atoms with Crippen LogP contribution in [0.3, 0.4) is 0 Å². The third kappa shape index (κ3) is 10.4. The molecule has 0 aliphatic carbocycles. The lowest BCUT2D eigenvalue weighted by Gasteiger charge is -2.30. The van der Waals surface area contributed by atoms with E-state index in [1.54, 1.807) is 27.7 Å². The van der Waals surface area contributed by atoms with Gasteiger partial charge in [0, 0.05) is 0 Å². The van der Waals surface area contributed by atoms with Crippen molar-refractivity contribution in [1.29, 1.82) is 0 Å². The number of ketones is 1. The Morgan fingerprint density at radius 2 is 1.64 bits per heavy atom. The van der Waals surface area contributed by atoms with E-state index in [1.165, 1.54) is 0 Å². The second kappa shape index (κ2) is 8.92. The molecule has 1 N–H and O–H groups in total. The Morgan fingerprint density at radius 3 is 2.00 bits per heavy atom. The zero-order valence-corrected chi connectivity index (χ0v) is 15.3. The smallest absolute Gasteiger partial charge is 0.408 e. The number of carbonyl (C=O) groups is 2. The van der Waals surface area contributed by atoms with Crippen molar-refractivity contribution in [2.24, 2.45) is 0 Å². The minimum Gasteiger partial charge on any atom is -0.444 e. The highest BCUT2D eigenvalue weighted by Crippen LogP contribution is 2.14. The average Bonchev–Trinajstić information content (AvgIpc) is 2.20. The van der Waals surface area contributed by atoms with Crippen molar-refractivity contribution < 1.29 is 23.9 Å². The van der Waals surface area contributed by atoms with Crippen molar-refractivity contribution >= 4 is 31.6 Å².